The maximum Gasteiger partial charge on any atom is 0.244 e. The van der Waals surface area contributed by atoms with Gasteiger partial charge in [0, 0.05) is 17.7 Å². The lowest BCUT2D eigenvalue weighted by Gasteiger charge is -2.15. The van der Waals surface area contributed by atoms with Gasteiger partial charge in [-0.15, -0.1) is 10.2 Å². The Morgan fingerprint density at radius 1 is 1.00 bits per heavy atom. The van der Waals surface area contributed by atoms with Gasteiger partial charge in [-0.2, -0.15) is 5.10 Å². The van der Waals surface area contributed by atoms with Crippen LogP contribution in [0.4, 0.5) is 4.39 Å². The van der Waals surface area contributed by atoms with Crippen molar-refractivity contribution in [3.8, 4) is 22.5 Å². The van der Waals surface area contributed by atoms with Gasteiger partial charge in [0.25, 0.3) is 0 Å². The predicted octanol–water partition coefficient (Wildman–Crippen LogP) is 4.38. The van der Waals surface area contributed by atoms with Gasteiger partial charge in [0.05, 0.1) is 17.0 Å². The van der Waals surface area contributed by atoms with E-state index in [1.807, 2.05) is 60.7 Å². The van der Waals surface area contributed by atoms with Crippen LogP contribution in [0.25, 0.3) is 33.5 Å². The molecule has 3 heterocycles. The molecule has 0 radical (unpaired) electrons. The first-order valence-electron chi connectivity index (χ1n) is 10.1. The predicted molar refractivity (Wildman–Crippen MR) is 117 cm³/mol. The number of fused-ring (bicyclic) bond motifs is 1. The highest BCUT2D eigenvalue weighted by Gasteiger charge is 2.28. The number of hydrogen-bond acceptors (Lipinski definition) is 4. The van der Waals surface area contributed by atoms with Crippen LogP contribution in [0.15, 0.2) is 60.7 Å². The van der Waals surface area contributed by atoms with E-state index in [2.05, 4.69) is 15.3 Å². The van der Waals surface area contributed by atoms with E-state index in [9.17, 15) is 9.18 Å². The third-order valence-corrected chi connectivity index (χ3v) is 5.83. The van der Waals surface area contributed by atoms with E-state index < -0.39 is 6.17 Å². The zero-order valence-corrected chi connectivity index (χ0v) is 17.3. The fourth-order valence-corrected chi connectivity index (χ4v) is 4.20. The van der Waals surface area contributed by atoms with Crippen molar-refractivity contribution < 1.29 is 9.18 Å². The van der Waals surface area contributed by atoms with Crippen LogP contribution in [0.1, 0.15) is 6.42 Å². The molecule has 1 amide bonds. The number of carbonyl (C=O) groups is 1. The molecule has 156 valence electrons. The van der Waals surface area contributed by atoms with Crippen LogP contribution in [0, 0.1) is 0 Å². The summed E-state index contributed by atoms with van der Waals surface area (Å²) < 4.78 is 15.1. The van der Waals surface area contributed by atoms with Crippen molar-refractivity contribution in [3.63, 3.8) is 0 Å². The Hall–Kier alpha value is -3.32. The summed E-state index contributed by atoms with van der Waals surface area (Å²) in [4.78, 5) is 14.3. The second-order valence-electron chi connectivity index (χ2n) is 7.53. The standard InChI is InChI=1S/C23H19ClFN5O/c24-20-19-21(15-7-3-1-4-8-15)28-30(14-18(31)29-12-11-17(25)13-29)23(19)27-26-22(20)16-9-5-2-6-10-16/h1-10,17H,11-14H2. The van der Waals surface area contributed by atoms with Crippen LogP contribution in [0.5, 0.6) is 0 Å². The Labute approximate surface area is 183 Å². The molecule has 2 aromatic carbocycles. The van der Waals surface area contributed by atoms with E-state index in [0.29, 0.717) is 40.4 Å². The van der Waals surface area contributed by atoms with E-state index in [0.717, 1.165) is 11.1 Å². The summed E-state index contributed by atoms with van der Waals surface area (Å²) in [6.07, 6.45) is -0.603. The van der Waals surface area contributed by atoms with E-state index in [1.54, 1.807) is 0 Å². The number of amides is 1. The highest BCUT2D eigenvalue weighted by atomic mass is 35.5. The van der Waals surface area contributed by atoms with Gasteiger partial charge in [0.15, 0.2) is 5.65 Å². The maximum atomic E-state index is 13.6. The minimum Gasteiger partial charge on any atom is -0.338 e. The van der Waals surface area contributed by atoms with E-state index in [4.69, 9.17) is 11.6 Å². The van der Waals surface area contributed by atoms with Crippen LogP contribution in [-0.2, 0) is 11.3 Å². The van der Waals surface area contributed by atoms with Crippen molar-refractivity contribution in [1.29, 1.82) is 0 Å². The van der Waals surface area contributed by atoms with Crippen LogP contribution < -0.4 is 0 Å². The third kappa shape index (κ3) is 3.65. The first-order valence-corrected chi connectivity index (χ1v) is 10.4. The van der Waals surface area contributed by atoms with Gasteiger partial charge in [-0.1, -0.05) is 72.3 Å². The molecule has 0 spiro atoms. The number of nitrogens with zero attached hydrogens (tertiary/aromatic N) is 5. The quantitative estimate of drug-likeness (QED) is 0.477. The lowest BCUT2D eigenvalue weighted by molar-refractivity contribution is -0.131. The molecule has 1 aliphatic heterocycles. The summed E-state index contributed by atoms with van der Waals surface area (Å²) in [7, 11) is 0. The number of carbonyl (C=O) groups excluding carboxylic acids is 1. The monoisotopic (exact) mass is 435 g/mol. The van der Waals surface area contributed by atoms with Crippen molar-refractivity contribution in [2.24, 2.45) is 0 Å². The van der Waals surface area contributed by atoms with Gasteiger partial charge >= 0.3 is 0 Å². The molecule has 6 nitrogen and oxygen atoms in total. The molecule has 4 aromatic rings. The highest BCUT2D eigenvalue weighted by molar-refractivity contribution is 6.38. The average molecular weight is 436 g/mol. The normalized spacial score (nSPS) is 16.2. The molecule has 1 aliphatic rings. The molecule has 8 heteroatoms. The fraction of sp³-hybridized carbons (Fsp3) is 0.217. The second kappa shape index (κ2) is 8.07. The van der Waals surface area contributed by atoms with Gasteiger partial charge in [0.1, 0.15) is 24.1 Å². The number of rotatable bonds is 4. The summed E-state index contributed by atoms with van der Waals surface area (Å²) in [5.74, 6) is -0.200. The Kier molecular flexibility index (Phi) is 5.11. The van der Waals surface area contributed by atoms with Gasteiger partial charge in [-0.3, -0.25) is 4.79 Å². The minimum absolute atomic E-state index is 0.0499. The molecular formula is C23H19ClFN5O. The summed E-state index contributed by atoms with van der Waals surface area (Å²) in [5, 5.41) is 14.5. The van der Waals surface area contributed by atoms with Crippen molar-refractivity contribution >= 4 is 28.5 Å². The lowest BCUT2D eigenvalue weighted by Crippen LogP contribution is -2.32. The van der Waals surface area contributed by atoms with Gasteiger partial charge in [-0.05, 0) is 6.42 Å². The average Bonchev–Trinajstić information content (AvgIpc) is 3.40. The van der Waals surface area contributed by atoms with Gasteiger partial charge in [-0.25, -0.2) is 9.07 Å². The van der Waals surface area contributed by atoms with Gasteiger partial charge < -0.3 is 4.90 Å². The second-order valence-corrected chi connectivity index (χ2v) is 7.90. The topological polar surface area (TPSA) is 63.9 Å². The number of hydrogen-bond donors (Lipinski definition) is 0. The molecule has 0 N–H and O–H groups in total. The Morgan fingerprint density at radius 3 is 2.26 bits per heavy atom. The Bertz CT molecular complexity index is 1250. The van der Waals surface area contributed by atoms with E-state index >= 15 is 0 Å². The Morgan fingerprint density at radius 2 is 1.65 bits per heavy atom. The SMILES string of the molecule is O=C(Cn1nc(-c2ccccc2)c2c(Cl)c(-c3ccccc3)nnc21)N1CCC(F)C1. The first-order chi connectivity index (χ1) is 15.1. The minimum atomic E-state index is -0.971. The smallest absolute Gasteiger partial charge is 0.244 e. The summed E-state index contributed by atoms with van der Waals surface area (Å²) in [6, 6.07) is 19.2. The third-order valence-electron chi connectivity index (χ3n) is 5.46. The number of aromatic nitrogens is 4. The summed E-state index contributed by atoms with van der Waals surface area (Å²) in [6.45, 7) is 0.481. The molecule has 5 rings (SSSR count). The Balaban J connectivity index is 1.64. The fourth-order valence-electron chi connectivity index (χ4n) is 3.88. The van der Waals surface area contributed by atoms with Crippen molar-refractivity contribution in [3.05, 3.63) is 65.7 Å². The molecule has 1 atom stereocenters. The summed E-state index contributed by atoms with van der Waals surface area (Å²) in [5.41, 5.74) is 3.31. The number of likely N-dealkylation sites (tertiary alicyclic amines) is 1. The molecule has 1 saturated heterocycles. The molecule has 1 fully saturated rings. The zero-order chi connectivity index (χ0) is 21.4. The van der Waals surface area contributed by atoms with Crippen molar-refractivity contribution in [2.75, 3.05) is 13.1 Å². The zero-order valence-electron chi connectivity index (χ0n) is 16.6. The van der Waals surface area contributed by atoms with Crippen molar-refractivity contribution in [1.82, 2.24) is 24.9 Å². The number of halogens is 2. The van der Waals surface area contributed by atoms with Crippen LogP contribution in [0.2, 0.25) is 5.02 Å². The molecular weight excluding hydrogens is 417 g/mol. The largest absolute Gasteiger partial charge is 0.338 e. The number of benzene rings is 2. The molecule has 2 aromatic heterocycles. The lowest BCUT2D eigenvalue weighted by atomic mass is 10.1. The highest BCUT2D eigenvalue weighted by Crippen LogP contribution is 2.37. The molecule has 31 heavy (non-hydrogen) atoms. The van der Waals surface area contributed by atoms with Crippen LogP contribution in [0.3, 0.4) is 0 Å². The first kappa shape index (κ1) is 19.6. The van der Waals surface area contributed by atoms with E-state index in [1.165, 1.54) is 9.58 Å². The van der Waals surface area contributed by atoms with Crippen molar-refractivity contribution in [2.45, 2.75) is 19.1 Å². The van der Waals surface area contributed by atoms with E-state index in [-0.39, 0.29) is 19.0 Å². The maximum absolute atomic E-state index is 13.6. The number of alkyl halides is 1. The molecule has 0 aliphatic carbocycles. The molecule has 0 bridgehead atoms. The molecule has 1 unspecified atom stereocenters. The van der Waals surface area contributed by atoms with Gasteiger partial charge in [0.2, 0.25) is 5.91 Å². The summed E-state index contributed by atoms with van der Waals surface area (Å²) >= 11 is 6.83. The molecule has 0 saturated carbocycles. The van der Waals surface area contributed by atoms with Crippen LogP contribution in [-0.4, -0.2) is 50.0 Å². The van der Waals surface area contributed by atoms with Crippen LogP contribution >= 0.6 is 11.6 Å².